The van der Waals surface area contributed by atoms with Gasteiger partial charge in [0.1, 0.15) is 4.47 Å². The Hall–Kier alpha value is -0.460. The maximum atomic E-state index is 11.9. The summed E-state index contributed by atoms with van der Waals surface area (Å²) in [5.41, 5.74) is 0.863. The number of rotatable bonds is 2. The van der Waals surface area contributed by atoms with Crippen LogP contribution in [0.4, 0.5) is 0 Å². The van der Waals surface area contributed by atoms with E-state index in [1.54, 1.807) is 6.20 Å². The summed E-state index contributed by atoms with van der Waals surface area (Å²) in [6.45, 7) is 0.449. The van der Waals surface area contributed by atoms with Crippen LogP contribution in [-0.2, 0) is 6.54 Å². The van der Waals surface area contributed by atoms with E-state index < -0.39 is 0 Å². The van der Waals surface area contributed by atoms with Crippen LogP contribution < -0.4 is 5.56 Å². The Kier molecular flexibility index (Phi) is 4.17. The molecule has 6 heteroatoms. The average molecular weight is 423 g/mol. The fourth-order valence-corrected chi connectivity index (χ4v) is 2.38. The van der Waals surface area contributed by atoms with Crippen LogP contribution in [0.25, 0.3) is 0 Å². The van der Waals surface area contributed by atoms with Gasteiger partial charge in [0.15, 0.2) is 0 Å². The van der Waals surface area contributed by atoms with Crippen molar-refractivity contribution in [2.75, 3.05) is 0 Å². The van der Waals surface area contributed by atoms with Gasteiger partial charge in [0.2, 0.25) is 0 Å². The monoisotopic (exact) mass is 420 g/mol. The molecule has 0 saturated heterocycles. The molecule has 1 aromatic carbocycles. The molecule has 0 spiro atoms. The molecule has 1 aromatic heterocycles. The Morgan fingerprint density at radius 2 is 2.00 bits per heavy atom. The summed E-state index contributed by atoms with van der Waals surface area (Å²) in [5.74, 6) is 0. The summed E-state index contributed by atoms with van der Waals surface area (Å²) in [7, 11) is 0. The van der Waals surface area contributed by atoms with Crippen molar-refractivity contribution in [3.63, 3.8) is 0 Å². The molecular weight excluding hydrogens is 416 g/mol. The van der Waals surface area contributed by atoms with Crippen molar-refractivity contribution in [1.29, 1.82) is 0 Å². The molecule has 0 aliphatic rings. The van der Waals surface area contributed by atoms with Crippen molar-refractivity contribution in [2.45, 2.75) is 6.54 Å². The van der Waals surface area contributed by atoms with Gasteiger partial charge in [0.05, 0.1) is 17.2 Å². The lowest BCUT2D eigenvalue weighted by Crippen LogP contribution is -2.24. The first-order chi connectivity index (χ1) is 8.08. The van der Waals surface area contributed by atoms with E-state index in [1.165, 1.54) is 4.68 Å². The summed E-state index contributed by atoms with van der Waals surface area (Å²) in [6.07, 6.45) is 1.60. The van der Waals surface area contributed by atoms with Crippen LogP contribution in [0.1, 0.15) is 5.56 Å². The second-order valence-corrected chi connectivity index (χ2v) is 5.96. The topological polar surface area (TPSA) is 34.9 Å². The minimum absolute atomic E-state index is 0.153. The average Bonchev–Trinajstić information content (AvgIpc) is 2.30. The lowest BCUT2D eigenvalue weighted by atomic mass is 10.2. The highest BCUT2D eigenvalue weighted by Crippen LogP contribution is 2.17. The van der Waals surface area contributed by atoms with E-state index in [9.17, 15) is 4.79 Å². The fraction of sp³-hybridized carbons (Fsp3) is 0.0909. The number of hydrogen-bond acceptors (Lipinski definition) is 2. The van der Waals surface area contributed by atoms with Crippen LogP contribution in [0, 0.1) is 0 Å². The van der Waals surface area contributed by atoms with Crippen LogP contribution in [0.5, 0.6) is 0 Å². The normalized spacial score (nSPS) is 10.5. The molecule has 17 heavy (non-hydrogen) atoms. The van der Waals surface area contributed by atoms with Crippen LogP contribution in [0.2, 0.25) is 0 Å². The number of aromatic nitrogens is 2. The Labute approximate surface area is 123 Å². The lowest BCUT2D eigenvalue weighted by Gasteiger charge is -2.06. The molecule has 0 atom stereocenters. The van der Waals surface area contributed by atoms with E-state index in [4.69, 9.17) is 0 Å². The third-order valence-electron chi connectivity index (χ3n) is 2.16. The number of benzene rings is 1. The van der Waals surface area contributed by atoms with Crippen LogP contribution in [-0.4, -0.2) is 9.78 Å². The number of nitrogens with zero attached hydrogens (tertiary/aromatic N) is 2. The molecule has 0 unspecified atom stereocenters. The summed E-state index contributed by atoms with van der Waals surface area (Å²) in [6, 6.07) is 7.79. The highest BCUT2D eigenvalue weighted by Gasteiger charge is 2.06. The van der Waals surface area contributed by atoms with Gasteiger partial charge < -0.3 is 0 Å². The van der Waals surface area contributed by atoms with E-state index >= 15 is 0 Å². The predicted octanol–water partition coefficient (Wildman–Crippen LogP) is 3.58. The molecule has 0 radical (unpaired) electrons. The molecule has 0 fully saturated rings. The quantitative estimate of drug-likeness (QED) is 0.741. The van der Waals surface area contributed by atoms with Crippen molar-refractivity contribution in [3.05, 3.63) is 59.8 Å². The maximum absolute atomic E-state index is 11.9. The zero-order valence-corrected chi connectivity index (χ0v) is 13.3. The van der Waals surface area contributed by atoms with Crippen LogP contribution in [0.3, 0.4) is 0 Å². The molecule has 3 nitrogen and oxygen atoms in total. The molecule has 1 heterocycles. The molecule has 2 aromatic rings. The Balaban J connectivity index is 2.37. The van der Waals surface area contributed by atoms with Crippen LogP contribution in [0.15, 0.2) is 48.7 Å². The number of hydrogen-bond donors (Lipinski definition) is 0. The summed E-state index contributed by atoms with van der Waals surface area (Å²) in [5, 5.41) is 4.08. The molecule has 0 amide bonds. The first-order valence-corrected chi connectivity index (χ1v) is 7.11. The van der Waals surface area contributed by atoms with Crippen molar-refractivity contribution in [2.24, 2.45) is 0 Å². The Morgan fingerprint density at radius 3 is 2.71 bits per heavy atom. The van der Waals surface area contributed by atoms with E-state index in [1.807, 2.05) is 24.3 Å². The molecular formula is C11H7Br3N2O. The largest absolute Gasteiger partial charge is 0.282 e. The van der Waals surface area contributed by atoms with Crippen molar-refractivity contribution in [3.8, 4) is 0 Å². The van der Waals surface area contributed by atoms with Crippen molar-refractivity contribution >= 4 is 47.8 Å². The fourth-order valence-electron chi connectivity index (χ4n) is 1.37. The summed E-state index contributed by atoms with van der Waals surface area (Å²) >= 11 is 9.87. The van der Waals surface area contributed by atoms with Gasteiger partial charge in [0.25, 0.3) is 5.56 Å². The molecule has 0 N–H and O–H groups in total. The first-order valence-electron chi connectivity index (χ1n) is 4.73. The molecule has 2 rings (SSSR count). The minimum atomic E-state index is -0.153. The van der Waals surface area contributed by atoms with Gasteiger partial charge in [0, 0.05) is 4.47 Å². The lowest BCUT2D eigenvalue weighted by molar-refractivity contribution is 0.633. The molecule has 0 aliphatic heterocycles. The Morgan fingerprint density at radius 1 is 1.24 bits per heavy atom. The van der Waals surface area contributed by atoms with Crippen molar-refractivity contribution < 1.29 is 0 Å². The smallest absolute Gasteiger partial charge is 0.266 e. The van der Waals surface area contributed by atoms with E-state index in [2.05, 4.69) is 52.9 Å². The summed E-state index contributed by atoms with van der Waals surface area (Å²) < 4.78 is 3.55. The van der Waals surface area contributed by atoms with Gasteiger partial charge >= 0.3 is 0 Å². The molecule has 0 saturated carbocycles. The van der Waals surface area contributed by atoms with Gasteiger partial charge in [-0.25, -0.2) is 4.68 Å². The number of halogens is 3. The molecule has 0 aliphatic carbocycles. The zero-order chi connectivity index (χ0) is 12.4. The zero-order valence-electron chi connectivity index (χ0n) is 8.53. The third-order valence-corrected chi connectivity index (χ3v) is 4.56. The molecule has 88 valence electrons. The van der Waals surface area contributed by atoms with Crippen molar-refractivity contribution in [1.82, 2.24) is 9.78 Å². The third kappa shape index (κ3) is 3.05. The highest BCUT2D eigenvalue weighted by molar-refractivity contribution is 9.13. The Bertz CT molecular complexity index is 610. The first kappa shape index (κ1) is 13.0. The van der Waals surface area contributed by atoms with Gasteiger partial charge in [-0.1, -0.05) is 28.1 Å². The van der Waals surface area contributed by atoms with Gasteiger partial charge in [-0.3, -0.25) is 4.79 Å². The van der Waals surface area contributed by atoms with E-state index in [-0.39, 0.29) is 5.56 Å². The second kappa shape index (κ2) is 5.46. The van der Waals surface area contributed by atoms with E-state index in [0.717, 1.165) is 10.0 Å². The second-order valence-electron chi connectivity index (χ2n) is 3.40. The van der Waals surface area contributed by atoms with Crippen LogP contribution >= 0.6 is 47.8 Å². The van der Waals surface area contributed by atoms with Gasteiger partial charge in [-0.05, 0) is 49.6 Å². The minimum Gasteiger partial charge on any atom is -0.266 e. The molecule has 0 bridgehead atoms. The van der Waals surface area contributed by atoms with E-state index in [0.29, 0.717) is 15.5 Å². The maximum Gasteiger partial charge on any atom is 0.282 e. The summed E-state index contributed by atoms with van der Waals surface area (Å²) in [4.78, 5) is 11.9. The SMILES string of the molecule is O=c1c(Br)c(Br)cnn1Cc1cccc(Br)c1. The predicted molar refractivity (Wildman–Crippen MR) is 77.1 cm³/mol. The highest BCUT2D eigenvalue weighted by atomic mass is 79.9. The van der Waals surface area contributed by atoms with Gasteiger partial charge in [-0.15, -0.1) is 0 Å². The standard InChI is InChI=1S/C11H7Br3N2O/c12-8-3-1-2-7(4-8)6-16-11(17)10(14)9(13)5-15-16/h1-5H,6H2. The van der Waals surface area contributed by atoms with Gasteiger partial charge in [-0.2, -0.15) is 5.10 Å².